The van der Waals surface area contributed by atoms with Crippen LogP contribution in [0.15, 0.2) is 18.3 Å². The maximum Gasteiger partial charge on any atom is 0.125 e. The van der Waals surface area contributed by atoms with E-state index in [0.29, 0.717) is 18.4 Å². The number of aromatic nitrogens is 1. The van der Waals surface area contributed by atoms with Crippen molar-refractivity contribution in [1.82, 2.24) is 4.98 Å². The van der Waals surface area contributed by atoms with Gasteiger partial charge in [-0.15, -0.1) is 0 Å². The monoisotopic (exact) mass is 276 g/mol. The van der Waals surface area contributed by atoms with E-state index in [1.807, 2.05) is 6.20 Å². The smallest absolute Gasteiger partial charge is 0.125 e. The molecule has 20 heavy (non-hydrogen) atoms. The molecular weight excluding hydrogens is 248 g/mol. The van der Waals surface area contributed by atoms with Gasteiger partial charge < -0.3 is 10.4 Å². The molecule has 2 rings (SSSR count). The second-order valence-corrected chi connectivity index (χ2v) is 7.05. The molecule has 0 aliphatic heterocycles. The van der Waals surface area contributed by atoms with Crippen molar-refractivity contribution in [3.05, 3.63) is 23.9 Å². The van der Waals surface area contributed by atoms with Crippen molar-refractivity contribution in [3.63, 3.8) is 0 Å². The van der Waals surface area contributed by atoms with Crippen molar-refractivity contribution < 1.29 is 5.11 Å². The van der Waals surface area contributed by atoms with Crippen LogP contribution >= 0.6 is 0 Å². The number of nitrogens with zero attached hydrogens (tertiary/aromatic N) is 1. The van der Waals surface area contributed by atoms with E-state index in [4.69, 9.17) is 0 Å². The molecule has 1 aliphatic carbocycles. The van der Waals surface area contributed by atoms with Crippen LogP contribution in [0.1, 0.15) is 52.0 Å². The minimum atomic E-state index is 0.150. The molecule has 1 aliphatic rings. The van der Waals surface area contributed by atoms with Gasteiger partial charge in [0.2, 0.25) is 0 Å². The van der Waals surface area contributed by atoms with Crippen molar-refractivity contribution in [2.24, 2.45) is 11.8 Å². The van der Waals surface area contributed by atoms with Crippen LogP contribution in [0.2, 0.25) is 0 Å². The van der Waals surface area contributed by atoms with Gasteiger partial charge in [-0.1, -0.05) is 39.7 Å². The number of anilines is 1. The molecule has 1 heterocycles. The lowest BCUT2D eigenvalue weighted by atomic mass is 9.79. The van der Waals surface area contributed by atoms with E-state index in [1.54, 1.807) is 0 Å². The van der Waals surface area contributed by atoms with E-state index < -0.39 is 0 Å². The first kappa shape index (κ1) is 15.3. The van der Waals surface area contributed by atoms with Crippen LogP contribution < -0.4 is 5.32 Å². The highest BCUT2D eigenvalue weighted by Gasteiger charge is 2.24. The summed E-state index contributed by atoms with van der Waals surface area (Å²) in [6.45, 7) is 7.84. The molecule has 2 N–H and O–H groups in total. The lowest BCUT2D eigenvalue weighted by Crippen LogP contribution is -2.28. The summed E-state index contributed by atoms with van der Waals surface area (Å²) in [7, 11) is 0. The average molecular weight is 276 g/mol. The Morgan fingerprint density at radius 2 is 1.90 bits per heavy atom. The Labute approximate surface area is 122 Å². The highest BCUT2D eigenvalue weighted by molar-refractivity contribution is 5.37. The first-order valence-electron chi connectivity index (χ1n) is 7.82. The van der Waals surface area contributed by atoms with Gasteiger partial charge in [-0.05, 0) is 41.7 Å². The van der Waals surface area contributed by atoms with Crippen LogP contribution in [0, 0.1) is 11.8 Å². The maximum atomic E-state index is 9.44. The standard InChI is InChI=1S/C17H28N2O/c1-17(2,3)15-8-9-16(19-11-15)18-10-13-6-4-5-7-14(13)12-20/h8-9,11,13-14,20H,4-7,10,12H2,1-3H3,(H,18,19). The third-order valence-electron chi connectivity index (χ3n) is 4.48. The molecule has 0 amide bonds. The third-order valence-corrected chi connectivity index (χ3v) is 4.48. The molecule has 0 saturated heterocycles. The third kappa shape index (κ3) is 3.95. The number of hydrogen-bond acceptors (Lipinski definition) is 3. The Balaban J connectivity index is 1.90. The molecule has 0 spiro atoms. The van der Waals surface area contributed by atoms with Gasteiger partial charge in [-0.3, -0.25) is 0 Å². The summed E-state index contributed by atoms with van der Waals surface area (Å²) >= 11 is 0. The molecule has 3 nitrogen and oxygen atoms in total. The van der Waals surface area contributed by atoms with Crippen LogP contribution in [0.5, 0.6) is 0 Å². The van der Waals surface area contributed by atoms with Crippen LogP contribution in [0.4, 0.5) is 5.82 Å². The molecule has 1 saturated carbocycles. The number of rotatable bonds is 4. The fourth-order valence-electron chi connectivity index (χ4n) is 2.97. The van der Waals surface area contributed by atoms with Crippen LogP contribution in [-0.4, -0.2) is 23.2 Å². The zero-order valence-corrected chi connectivity index (χ0v) is 13.0. The van der Waals surface area contributed by atoms with Crippen LogP contribution in [0.3, 0.4) is 0 Å². The van der Waals surface area contributed by atoms with Crippen molar-refractivity contribution >= 4 is 5.82 Å². The largest absolute Gasteiger partial charge is 0.396 e. The predicted octanol–water partition coefficient (Wildman–Crippen LogP) is 3.59. The fraction of sp³-hybridized carbons (Fsp3) is 0.706. The molecule has 1 aromatic rings. The van der Waals surface area contributed by atoms with Crippen molar-refractivity contribution in [3.8, 4) is 0 Å². The number of pyridine rings is 1. The van der Waals surface area contributed by atoms with Gasteiger partial charge in [0.1, 0.15) is 5.82 Å². The Bertz CT molecular complexity index is 408. The van der Waals surface area contributed by atoms with Gasteiger partial charge in [0, 0.05) is 19.3 Å². The van der Waals surface area contributed by atoms with Crippen molar-refractivity contribution in [1.29, 1.82) is 0 Å². The van der Waals surface area contributed by atoms with Crippen LogP contribution in [-0.2, 0) is 5.41 Å². The fourth-order valence-corrected chi connectivity index (χ4v) is 2.97. The van der Waals surface area contributed by atoms with E-state index in [2.05, 4.69) is 43.2 Å². The molecule has 2 atom stereocenters. The average Bonchev–Trinajstić information content (AvgIpc) is 2.45. The molecule has 1 aromatic heterocycles. The van der Waals surface area contributed by atoms with Gasteiger partial charge in [-0.25, -0.2) is 4.98 Å². The van der Waals surface area contributed by atoms with E-state index >= 15 is 0 Å². The lowest BCUT2D eigenvalue weighted by Gasteiger charge is -2.30. The van der Waals surface area contributed by atoms with E-state index in [1.165, 1.54) is 31.2 Å². The zero-order valence-electron chi connectivity index (χ0n) is 13.0. The van der Waals surface area contributed by atoms with Gasteiger partial charge in [-0.2, -0.15) is 0 Å². The highest BCUT2D eigenvalue weighted by Crippen LogP contribution is 2.30. The summed E-state index contributed by atoms with van der Waals surface area (Å²) in [6, 6.07) is 4.22. The second-order valence-electron chi connectivity index (χ2n) is 7.05. The Kier molecular flexibility index (Phi) is 5.03. The van der Waals surface area contributed by atoms with E-state index in [9.17, 15) is 5.11 Å². The van der Waals surface area contributed by atoms with E-state index in [0.717, 1.165) is 12.4 Å². The number of hydrogen-bond donors (Lipinski definition) is 2. The SMILES string of the molecule is CC(C)(C)c1ccc(NCC2CCCCC2CO)nc1. The summed E-state index contributed by atoms with van der Waals surface area (Å²) in [5.41, 5.74) is 1.41. The predicted molar refractivity (Wildman–Crippen MR) is 84.0 cm³/mol. The summed E-state index contributed by atoms with van der Waals surface area (Å²) < 4.78 is 0. The lowest BCUT2D eigenvalue weighted by molar-refractivity contribution is 0.141. The van der Waals surface area contributed by atoms with Gasteiger partial charge in [0.25, 0.3) is 0 Å². The van der Waals surface area contributed by atoms with E-state index in [-0.39, 0.29) is 5.41 Å². The Morgan fingerprint density at radius 1 is 1.20 bits per heavy atom. The summed E-state index contributed by atoms with van der Waals surface area (Å²) in [5, 5.41) is 12.9. The minimum Gasteiger partial charge on any atom is -0.396 e. The first-order chi connectivity index (χ1) is 9.50. The summed E-state index contributed by atoms with van der Waals surface area (Å²) in [5.74, 6) is 1.99. The first-order valence-corrected chi connectivity index (χ1v) is 7.82. The summed E-state index contributed by atoms with van der Waals surface area (Å²) in [4.78, 5) is 4.51. The summed E-state index contributed by atoms with van der Waals surface area (Å²) in [6.07, 6.45) is 6.91. The number of aliphatic hydroxyl groups is 1. The van der Waals surface area contributed by atoms with Crippen molar-refractivity contribution in [2.45, 2.75) is 51.9 Å². The Hall–Kier alpha value is -1.09. The number of nitrogens with one attached hydrogen (secondary N) is 1. The van der Waals surface area contributed by atoms with Crippen molar-refractivity contribution in [2.75, 3.05) is 18.5 Å². The quantitative estimate of drug-likeness (QED) is 0.883. The molecule has 2 unspecified atom stereocenters. The van der Waals surface area contributed by atoms with Gasteiger partial charge >= 0.3 is 0 Å². The molecular formula is C17H28N2O. The Morgan fingerprint density at radius 3 is 2.45 bits per heavy atom. The number of aliphatic hydroxyl groups excluding tert-OH is 1. The van der Waals surface area contributed by atoms with Gasteiger partial charge in [0.15, 0.2) is 0 Å². The normalized spacial score (nSPS) is 23.6. The molecule has 1 fully saturated rings. The molecule has 3 heteroatoms. The zero-order chi connectivity index (χ0) is 14.6. The minimum absolute atomic E-state index is 0.150. The maximum absolute atomic E-state index is 9.44. The topological polar surface area (TPSA) is 45.1 Å². The van der Waals surface area contributed by atoms with Crippen LogP contribution in [0.25, 0.3) is 0 Å². The molecule has 0 radical (unpaired) electrons. The van der Waals surface area contributed by atoms with Gasteiger partial charge in [0.05, 0.1) is 0 Å². The molecule has 112 valence electrons. The second kappa shape index (κ2) is 6.57. The molecule has 0 aromatic carbocycles. The molecule has 0 bridgehead atoms. The highest BCUT2D eigenvalue weighted by atomic mass is 16.3.